The van der Waals surface area contributed by atoms with E-state index in [0.717, 1.165) is 21.5 Å². The van der Waals surface area contributed by atoms with Crippen molar-refractivity contribution in [3.8, 4) is 11.5 Å². The summed E-state index contributed by atoms with van der Waals surface area (Å²) in [4.78, 5) is 0. The van der Waals surface area contributed by atoms with E-state index in [-0.39, 0.29) is 5.38 Å². The lowest BCUT2D eigenvalue weighted by molar-refractivity contribution is 0.383. The van der Waals surface area contributed by atoms with E-state index in [0.29, 0.717) is 5.92 Å². The van der Waals surface area contributed by atoms with Crippen molar-refractivity contribution in [3.05, 3.63) is 22.2 Å². The van der Waals surface area contributed by atoms with Gasteiger partial charge in [0.15, 0.2) is 0 Å². The molecule has 0 radical (unpaired) electrons. The normalized spacial score (nSPS) is 12.7. The van der Waals surface area contributed by atoms with Gasteiger partial charge in [-0.2, -0.15) is 0 Å². The molecule has 0 spiro atoms. The predicted molar refractivity (Wildman–Crippen MR) is 70.7 cm³/mol. The molecule has 0 N–H and O–H groups in total. The zero-order valence-corrected chi connectivity index (χ0v) is 12.2. The van der Waals surface area contributed by atoms with Crippen LogP contribution >= 0.6 is 27.5 Å². The van der Waals surface area contributed by atoms with Gasteiger partial charge in [0.05, 0.1) is 19.6 Å². The maximum Gasteiger partial charge on any atom is 0.141 e. The Balaban J connectivity index is 3.25. The Bertz CT molecular complexity index is 366. The first kappa shape index (κ1) is 13.7. The highest BCUT2D eigenvalue weighted by Gasteiger charge is 2.20. The van der Waals surface area contributed by atoms with Crippen LogP contribution in [-0.2, 0) is 0 Å². The van der Waals surface area contributed by atoms with Crippen molar-refractivity contribution in [2.75, 3.05) is 14.2 Å². The summed E-state index contributed by atoms with van der Waals surface area (Å²) in [5, 5.41) is -0.0721. The predicted octanol–water partition coefficient (Wildman–Crippen LogP) is 4.40. The third kappa shape index (κ3) is 2.64. The first-order valence-electron chi connectivity index (χ1n) is 5.07. The minimum absolute atomic E-state index is 0.0721. The zero-order chi connectivity index (χ0) is 12.3. The van der Waals surface area contributed by atoms with E-state index in [4.69, 9.17) is 21.1 Å². The molecule has 1 atom stereocenters. The van der Waals surface area contributed by atoms with Gasteiger partial charge in [-0.25, -0.2) is 0 Å². The number of benzene rings is 1. The average molecular weight is 308 g/mol. The van der Waals surface area contributed by atoms with Crippen molar-refractivity contribution in [3.63, 3.8) is 0 Å². The Morgan fingerprint density at radius 1 is 1.19 bits per heavy atom. The Kier molecular flexibility index (Phi) is 4.93. The molecule has 0 amide bonds. The van der Waals surface area contributed by atoms with E-state index in [2.05, 4.69) is 29.8 Å². The lowest BCUT2D eigenvalue weighted by Crippen LogP contribution is -2.03. The minimum Gasteiger partial charge on any atom is -0.495 e. The summed E-state index contributed by atoms with van der Waals surface area (Å²) in [7, 11) is 3.26. The van der Waals surface area contributed by atoms with Crippen molar-refractivity contribution < 1.29 is 9.47 Å². The smallest absolute Gasteiger partial charge is 0.141 e. The standard InChI is InChI=1S/C12H16BrClO2/c1-7(2)11(14)8-5-6-9(15-3)10(13)12(8)16-4/h5-7,11H,1-4H3. The first-order valence-corrected chi connectivity index (χ1v) is 6.30. The summed E-state index contributed by atoms with van der Waals surface area (Å²) in [6, 6.07) is 3.83. The topological polar surface area (TPSA) is 18.5 Å². The number of alkyl halides is 1. The van der Waals surface area contributed by atoms with Gasteiger partial charge in [0.2, 0.25) is 0 Å². The molecule has 0 aliphatic heterocycles. The van der Waals surface area contributed by atoms with Crippen LogP contribution in [0, 0.1) is 5.92 Å². The SMILES string of the molecule is COc1ccc(C(Cl)C(C)C)c(OC)c1Br. The van der Waals surface area contributed by atoms with Crippen LogP contribution in [0.3, 0.4) is 0 Å². The molecule has 0 saturated heterocycles. The fourth-order valence-electron chi connectivity index (χ4n) is 1.49. The third-order valence-electron chi connectivity index (χ3n) is 2.40. The lowest BCUT2D eigenvalue weighted by atomic mass is 10.0. The highest BCUT2D eigenvalue weighted by molar-refractivity contribution is 9.10. The van der Waals surface area contributed by atoms with Gasteiger partial charge in [-0.1, -0.05) is 19.9 Å². The van der Waals surface area contributed by atoms with E-state index < -0.39 is 0 Å². The van der Waals surface area contributed by atoms with Gasteiger partial charge in [-0.3, -0.25) is 0 Å². The second kappa shape index (κ2) is 5.78. The Morgan fingerprint density at radius 2 is 1.81 bits per heavy atom. The largest absolute Gasteiger partial charge is 0.495 e. The number of halogens is 2. The molecule has 1 aromatic rings. The number of hydrogen-bond acceptors (Lipinski definition) is 2. The molecule has 1 unspecified atom stereocenters. The maximum absolute atomic E-state index is 6.35. The molecule has 1 aromatic carbocycles. The molecular formula is C12H16BrClO2. The fourth-order valence-corrected chi connectivity index (χ4v) is 2.35. The Hall–Kier alpha value is -0.410. The van der Waals surface area contributed by atoms with Crippen molar-refractivity contribution in [1.82, 2.24) is 0 Å². The molecule has 90 valence electrons. The Labute approximate surface area is 110 Å². The van der Waals surface area contributed by atoms with E-state index in [1.54, 1.807) is 14.2 Å². The highest BCUT2D eigenvalue weighted by atomic mass is 79.9. The maximum atomic E-state index is 6.35. The van der Waals surface area contributed by atoms with Crippen LogP contribution in [0.15, 0.2) is 16.6 Å². The number of ether oxygens (including phenoxy) is 2. The summed E-state index contributed by atoms with van der Waals surface area (Å²) in [6.45, 7) is 4.16. The molecule has 0 aromatic heterocycles. The number of rotatable bonds is 4. The van der Waals surface area contributed by atoms with E-state index in [9.17, 15) is 0 Å². The van der Waals surface area contributed by atoms with Crippen molar-refractivity contribution >= 4 is 27.5 Å². The fraction of sp³-hybridized carbons (Fsp3) is 0.500. The van der Waals surface area contributed by atoms with Crippen LogP contribution in [0.5, 0.6) is 11.5 Å². The van der Waals surface area contributed by atoms with Crippen LogP contribution in [0.25, 0.3) is 0 Å². The second-order valence-electron chi connectivity index (χ2n) is 3.85. The quantitative estimate of drug-likeness (QED) is 0.768. The molecule has 0 bridgehead atoms. The lowest BCUT2D eigenvalue weighted by Gasteiger charge is -2.19. The average Bonchev–Trinajstić information content (AvgIpc) is 2.27. The van der Waals surface area contributed by atoms with Gasteiger partial charge >= 0.3 is 0 Å². The first-order chi connectivity index (χ1) is 7.52. The molecule has 0 fully saturated rings. The molecule has 0 aliphatic carbocycles. The molecular weight excluding hydrogens is 291 g/mol. The molecule has 4 heteroatoms. The Morgan fingerprint density at radius 3 is 2.25 bits per heavy atom. The summed E-state index contributed by atoms with van der Waals surface area (Å²) >= 11 is 9.81. The van der Waals surface area contributed by atoms with E-state index in [1.165, 1.54) is 0 Å². The van der Waals surface area contributed by atoms with Crippen molar-refractivity contribution in [1.29, 1.82) is 0 Å². The van der Waals surface area contributed by atoms with Crippen molar-refractivity contribution in [2.24, 2.45) is 5.92 Å². The molecule has 16 heavy (non-hydrogen) atoms. The summed E-state index contributed by atoms with van der Waals surface area (Å²) in [5.41, 5.74) is 0.979. The van der Waals surface area contributed by atoms with E-state index >= 15 is 0 Å². The van der Waals surface area contributed by atoms with Gasteiger partial charge in [-0.05, 0) is 27.9 Å². The van der Waals surface area contributed by atoms with Crippen LogP contribution in [0.4, 0.5) is 0 Å². The summed E-state index contributed by atoms with van der Waals surface area (Å²) in [5.74, 6) is 1.83. The number of methoxy groups -OCH3 is 2. The minimum atomic E-state index is -0.0721. The molecule has 0 heterocycles. The molecule has 2 nitrogen and oxygen atoms in total. The van der Waals surface area contributed by atoms with E-state index in [1.807, 2.05) is 12.1 Å². The van der Waals surface area contributed by atoms with Crippen LogP contribution < -0.4 is 9.47 Å². The third-order valence-corrected chi connectivity index (χ3v) is 3.89. The van der Waals surface area contributed by atoms with Gasteiger partial charge in [-0.15, -0.1) is 11.6 Å². The van der Waals surface area contributed by atoms with Gasteiger partial charge < -0.3 is 9.47 Å². The van der Waals surface area contributed by atoms with Crippen molar-refractivity contribution in [2.45, 2.75) is 19.2 Å². The van der Waals surface area contributed by atoms with Gasteiger partial charge in [0.25, 0.3) is 0 Å². The summed E-state index contributed by atoms with van der Waals surface area (Å²) in [6.07, 6.45) is 0. The molecule has 0 aliphatic rings. The van der Waals surface area contributed by atoms with Crippen LogP contribution in [0.1, 0.15) is 24.8 Å². The highest BCUT2D eigenvalue weighted by Crippen LogP contribution is 2.43. The number of hydrogen-bond donors (Lipinski definition) is 0. The zero-order valence-electron chi connectivity index (χ0n) is 9.88. The van der Waals surface area contributed by atoms with Crippen LogP contribution in [0.2, 0.25) is 0 Å². The van der Waals surface area contributed by atoms with Crippen LogP contribution in [-0.4, -0.2) is 14.2 Å². The second-order valence-corrected chi connectivity index (χ2v) is 5.11. The molecule has 0 saturated carbocycles. The monoisotopic (exact) mass is 306 g/mol. The molecule has 1 rings (SSSR count). The van der Waals surface area contributed by atoms with Gasteiger partial charge in [0, 0.05) is 5.56 Å². The van der Waals surface area contributed by atoms with Gasteiger partial charge in [0.1, 0.15) is 16.0 Å². The summed E-state index contributed by atoms with van der Waals surface area (Å²) < 4.78 is 11.4.